The molecule has 1 aromatic carbocycles. The van der Waals surface area contributed by atoms with Gasteiger partial charge in [-0.3, -0.25) is 0 Å². The summed E-state index contributed by atoms with van der Waals surface area (Å²) in [5, 5.41) is 12.4. The van der Waals surface area contributed by atoms with Crippen molar-refractivity contribution in [2.24, 2.45) is 0 Å². The number of benzene rings is 1. The van der Waals surface area contributed by atoms with Crippen molar-refractivity contribution in [2.45, 2.75) is 52.6 Å². The predicted molar refractivity (Wildman–Crippen MR) is 87.6 cm³/mol. The van der Waals surface area contributed by atoms with E-state index in [1.165, 1.54) is 27.1 Å². The number of thiophene rings is 1. The third-order valence-corrected chi connectivity index (χ3v) is 4.76. The molecule has 1 aromatic heterocycles. The summed E-state index contributed by atoms with van der Waals surface area (Å²) >= 11 is 1.80. The fourth-order valence-electron chi connectivity index (χ4n) is 2.84. The van der Waals surface area contributed by atoms with Crippen molar-refractivity contribution in [1.29, 1.82) is 0 Å². The van der Waals surface area contributed by atoms with E-state index in [1.807, 2.05) is 0 Å². The lowest BCUT2D eigenvalue weighted by atomic mass is 9.94. The van der Waals surface area contributed by atoms with Gasteiger partial charge in [0.25, 0.3) is 0 Å². The first kappa shape index (κ1) is 15.3. The minimum Gasteiger partial charge on any atom is -0.393 e. The molecule has 0 radical (unpaired) electrons. The number of hydrogen-bond acceptors (Lipinski definition) is 2. The molecule has 0 saturated carbocycles. The summed E-state index contributed by atoms with van der Waals surface area (Å²) < 4.78 is 0. The third-order valence-electron chi connectivity index (χ3n) is 3.82. The van der Waals surface area contributed by atoms with Gasteiger partial charge in [0, 0.05) is 4.88 Å². The van der Waals surface area contributed by atoms with E-state index in [1.54, 1.807) is 11.3 Å². The summed E-state index contributed by atoms with van der Waals surface area (Å²) in [7, 11) is 0. The predicted octanol–water partition coefficient (Wildman–Crippen LogP) is 4.60. The molecule has 0 bridgehead atoms. The van der Waals surface area contributed by atoms with Crippen LogP contribution in [0.1, 0.15) is 40.0 Å². The molecule has 0 aliphatic rings. The van der Waals surface area contributed by atoms with E-state index in [0.29, 0.717) is 0 Å². The van der Waals surface area contributed by atoms with Gasteiger partial charge in [0.15, 0.2) is 0 Å². The minimum absolute atomic E-state index is 0.227. The van der Waals surface area contributed by atoms with Crippen molar-refractivity contribution in [3.63, 3.8) is 0 Å². The summed E-state index contributed by atoms with van der Waals surface area (Å²) in [6.45, 7) is 6.42. The van der Waals surface area contributed by atoms with E-state index in [-0.39, 0.29) is 6.10 Å². The highest BCUT2D eigenvalue weighted by molar-refractivity contribution is 7.09. The molecule has 20 heavy (non-hydrogen) atoms. The Morgan fingerprint density at radius 3 is 2.45 bits per heavy atom. The minimum atomic E-state index is -0.227. The molecule has 0 spiro atoms. The van der Waals surface area contributed by atoms with Gasteiger partial charge >= 0.3 is 0 Å². The van der Waals surface area contributed by atoms with Crippen molar-refractivity contribution < 1.29 is 5.11 Å². The average molecular weight is 288 g/mol. The van der Waals surface area contributed by atoms with Crippen molar-refractivity contribution in [3.8, 4) is 0 Å². The van der Waals surface area contributed by atoms with Gasteiger partial charge in [-0.25, -0.2) is 0 Å². The van der Waals surface area contributed by atoms with Crippen LogP contribution in [0.3, 0.4) is 0 Å². The molecule has 0 fully saturated rings. The van der Waals surface area contributed by atoms with Crippen LogP contribution in [0.4, 0.5) is 0 Å². The third kappa shape index (κ3) is 4.19. The molecule has 0 saturated heterocycles. The molecule has 1 heterocycles. The molecule has 2 rings (SSSR count). The molecule has 1 nitrogen and oxygen atoms in total. The fraction of sp³-hybridized carbons (Fsp3) is 0.444. The molecule has 1 atom stereocenters. The molecule has 0 aliphatic carbocycles. The average Bonchev–Trinajstić information content (AvgIpc) is 2.87. The maximum Gasteiger partial charge on any atom is 0.0580 e. The van der Waals surface area contributed by atoms with Gasteiger partial charge < -0.3 is 5.11 Å². The maximum absolute atomic E-state index is 10.3. The Balaban J connectivity index is 1.86. The number of aliphatic hydroxyl groups excluding tert-OH is 1. The monoisotopic (exact) mass is 288 g/mol. The molecule has 0 aliphatic heterocycles. The number of rotatable bonds is 6. The molecular weight excluding hydrogens is 264 g/mol. The highest BCUT2D eigenvalue weighted by Gasteiger charge is 2.10. The lowest BCUT2D eigenvalue weighted by molar-refractivity contribution is 0.162. The molecule has 1 unspecified atom stereocenters. The number of aryl methyl sites for hydroxylation is 4. The zero-order chi connectivity index (χ0) is 14.5. The molecule has 108 valence electrons. The first-order chi connectivity index (χ1) is 9.56. The van der Waals surface area contributed by atoms with Crippen LogP contribution in [0.25, 0.3) is 0 Å². The summed E-state index contributed by atoms with van der Waals surface area (Å²) in [6.07, 6.45) is 3.58. The quantitative estimate of drug-likeness (QED) is 0.823. The molecule has 2 heteroatoms. The van der Waals surface area contributed by atoms with E-state index < -0.39 is 0 Å². The van der Waals surface area contributed by atoms with Gasteiger partial charge in [0.05, 0.1) is 6.10 Å². The van der Waals surface area contributed by atoms with Gasteiger partial charge in [-0.15, -0.1) is 11.3 Å². The number of aliphatic hydroxyl groups is 1. The summed E-state index contributed by atoms with van der Waals surface area (Å²) in [5.74, 6) is 0. The molecule has 2 aromatic rings. The van der Waals surface area contributed by atoms with Crippen LogP contribution in [0.15, 0.2) is 29.6 Å². The summed E-state index contributed by atoms with van der Waals surface area (Å²) in [4.78, 5) is 1.42. The Morgan fingerprint density at radius 2 is 1.85 bits per heavy atom. The Kier molecular flexibility index (Phi) is 5.38. The van der Waals surface area contributed by atoms with Crippen molar-refractivity contribution in [3.05, 3.63) is 56.8 Å². The molecular formula is C18H24OS. The highest BCUT2D eigenvalue weighted by atomic mass is 32.1. The van der Waals surface area contributed by atoms with Crippen LogP contribution < -0.4 is 0 Å². The van der Waals surface area contributed by atoms with Crippen LogP contribution in [-0.4, -0.2) is 11.2 Å². The van der Waals surface area contributed by atoms with Gasteiger partial charge in [-0.05, 0) is 74.6 Å². The Hall–Kier alpha value is -1.12. The molecule has 1 N–H and O–H groups in total. The topological polar surface area (TPSA) is 20.2 Å². The van der Waals surface area contributed by atoms with Gasteiger partial charge in [0.2, 0.25) is 0 Å². The Bertz CT molecular complexity index is 520. The van der Waals surface area contributed by atoms with Gasteiger partial charge in [-0.2, -0.15) is 0 Å². The Morgan fingerprint density at radius 1 is 1.15 bits per heavy atom. The van der Waals surface area contributed by atoms with Crippen molar-refractivity contribution in [2.75, 3.05) is 0 Å². The maximum atomic E-state index is 10.3. The van der Waals surface area contributed by atoms with Gasteiger partial charge in [-0.1, -0.05) is 23.8 Å². The van der Waals surface area contributed by atoms with E-state index in [2.05, 4.69) is 50.4 Å². The van der Waals surface area contributed by atoms with Crippen LogP contribution in [0.2, 0.25) is 0 Å². The first-order valence-corrected chi connectivity index (χ1v) is 8.21. The largest absolute Gasteiger partial charge is 0.393 e. The summed E-state index contributed by atoms with van der Waals surface area (Å²) in [6, 6.07) is 8.68. The van der Waals surface area contributed by atoms with Crippen molar-refractivity contribution >= 4 is 11.3 Å². The van der Waals surface area contributed by atoms with Crippen LogP contribution in [0.5, 0.6) is 0 Å². The van der Waals surface area contributed by atoms with E-state index in [9.17, 15) is 5.11 Å². The second kappa shape index (κ2) is 7.05. The molecule has 0 amide bonds. The standard InChI is InChI=1S/C18H24OS/c1-13-10-14(2)18(15(3)11-13)12-16(19)6-4-7-17-8-5-9-20-17/h5,8-11,16,19H,4,6-7,12H2,1-3H3. The summed E-state index contributed by atoms with van der Waals surface area (Å²) in [5.41, 5.74) is 5.23. The van der Waals surface area contributed by atoms with Gasteiger partial charge in [0.1, 0.15) is 0 Å². The lowest BCUT2D eigenvalue weighted by Gasteiger charge is -2.15. The normalized spacial score (nSPS) is 12.6. The zero-order valence-corrected chi connectivity index (χ0v) is 13.5. The highest BCUT2D eigenvalue weighted by Crippen LogP contribution is 2.20. The first-order valence-electron chi connectivity index (χ1n) is 7.33. The number of hydrogen-bond donors (Lipinski definition) is 1. The zero-order valence-electron chi connectivity index (χ0n) is 12.6. The van der Waals surface area contributed by atoms with E-state index >= 15 is 0 Å². The second-order valence-corrected chi connectivity index (χ2v) is 6.74. The van der Waals surface area contributed by atoms with Crippen molar-refractivity contribution in [1.82, 2.24) is 0 Å². The second-order valence-electron chi connectivity index (χ2n) is 5.71. The van der Waals surface area contributed by atoms with Crippen LogP contribution in [0, 0.1) is 20.8 Å². The van der Waals surface area contributed by atoms with E-state index in [4.69, 9.17) is 0 Å². The van der Waals surface area contributed by atoms with Crippen LogP contribution in [-0.2, 0) is 12.8 Å². The lowest BCUT2D eigenvalue weighted by Crippen LogP contribution is -2.12. The Labute approximate surface area is 126 Å². The smallest absolute Gasteiger partial charge is 0.0580 e. The van der Waals surface area contributed by atoms with Crippen LogP contribution >= 0.6 is 11.3 Å². The SMILES string of the molecule is Cc1cc(C)c(CC(O)CCCc2cccs2)c(C)c1. The van der Waals surface area contributed by atoms with E-state index in [0.717, 1.165) is 25.7 Å². The fourth-order valence-corrected chi connectivity index (χ4v) is 3.59.